The molecule has 0 aliphatic rings. The van der Waals surface area contributed by atoms with Crippen LogP contribution in [-0.2, 0) is 0 Å². The predicted octanol–water partition coefficient (Wildman–Crippen LogP) is 4.42. The van der Waals surface area contributed by atoms with Crippen LogP contribution < -0.4 is 5.32 Å². The lowest BCUT2D eigenvalue weighted by Gasteiger charge is -2.10. The summed E-state index contributed by atoms with van der Waals surface area (Å²) in [6, 6.07) is 11.0. The smallest absolute Gasteiger partial charge is 0.255 e. The minimum Gasteiger partial charge on any atom is -0.322 e. The molecular formula is C16H17ClN2O. The van der Waals surface area contributed by atoms with Crippen LogP contribution in [0.3, 0.4) is 0 Å². The number of benzene rings is 1. The van der Waals surface area contributed by atoms with E-state index in [2.05, 4.69) is 10.3 Å². The summed E-state index contributed by atoms with van der Waals surface area (Å²) >= 11 is 5.98. The molecule has 0 spiro atoms. The maximum Gasteiger partial charge on any atom is 0.255 e. The molecule has 3 nitrogen and oxygen atoms in total. The van der Waals surface area contributed by atoms with Gasteiger partial charge < -0.3 is 5.32 Å². The molecule has 104 valence electrons. The van der Waals surface area contributed by atoms with E-state index in [1.54, 1.807) is 12.1 Å². The minimum atomic E-state index is -0.175. The molecule has 0 unspecified atom stereocenters. The van der Waals surface area contributed by atoms with Gasteiger partial charge in [0.15, 0.2) is 0 Å². The predicted molar refractivity (Wildman–Crippen MR) is 82.5 cm³/mol. The maximum absolute atomic E-state index is 12.3. The van der Waals surface area contributed by atoms with Crippen LogP contribution in [0.1, 0.15) is 41.4 Å². The highest BCUT2D eigenvalue weighted by atomic mass is 35.5. The first-order valence-electron chi connectivity index (χ1n) is 6.52. The van der Waals surface area contributed by atoms with E-state index in [-0.39, 0.29) is 11.8 Å². The van der Waals surface area contributed by atoms with Gasteiger partial charge >= 0.3 is 0 Å². The molecule has 1 amide bonds. The molecular weight excluding hydrogens is 272 g/mol. The van der Waals surface area contributed by atoms with Gasteiger partial charge in [0.25, 0.3) is 5.91 Å². The third-order valence-electron chi connectivity index (χ3n) is 3.06. The standard InChI is InChI=1S/C16H17ClN2O/c1-10(2)14-8-12(9-15(17)18-14)16(20)19-13-7-5-4-6-11(13)3/h4-10H,1-3H3,(H,19,20). The molecule has 1 aromatic carbocycles. The first kappa shape index (κ1) is 14.5. The number of anilines is 1. The van der Waals surface area contributed by atoms with Gasteiger partial charge in [0, 0.05) is 16.9 Å². The Bertz CT molecular complexity index is 638. The molecule has 1 aromatic heterocycles. The lowest BCUT2D eigenvalue weighted by molar-refractivity contribution is 0.102. The van der Waals surface area contributed by atoms with E-state index >= 15 is 0 Å². The topological polar surface area (TPSA) is 42.0 Å². The van der Waals surface area contributed by atoms with E-state index < -0.39 is 0 Å². The number of aromatic nitrogens is 1. The average Bonchev–Trinajstić information content (AvgIpc) is 2.40. The van der Waals surface area contributed by atoms with Crippen molar-refractivity contribution < 1.29 is 4.79 Å². The van der Waals surface area contributed by atoms with E-state index in [1.807, 2.05) is 45.0 Å². The second-order valence-corrected chi connectivity index (χ2v) is 5.41. The molecule has 0 saturated carbocycles. The molecule has 0 aliphatic heterocycles. The minimum absolute atomic E-state index is 0.175. The third-order valence-corrected chi connectivity index (χ3v) is 3.25. The van der Waals surface area contributed by atoms with E-state index in [0.717, 1.165) is 16.9 Å². The molecule has 1 N–H and O–H groups in total. The molecule has 2 aromatic rings. The molecule has 0 aliphatic carbocycles. The van der Waals surface area contributed by atoms with Crippen LogP contribution in [0.25, 0.3) is 0 Å². The lowest BCUT2D eigenvalue weighted by Crippen LogP contribution is -2.13. The molecule has 20 heavy (non-hydrogen) atoms. The highest BCUT2D eigenvalue weighted by Crippen LogP contribution is 2.20. The largest absolute Gasteiger partial charge is 0.322 e. The van der Waals surface area contributed by atoms with Crippen molar-refractivity contribution in [3.63, 3.8) is 0 Å². The number of carbonyl (C=O) groups excluding carboxylic acids is 1. The molecule has 0 fully saturated rings. The van der Waals surface area contributed by atoms with E-state index in [0.29, 0.717) is 10.7 Å². The Morgan fingerprint density at radius 2 is 1.95 bits per heavy atom. The highest BCUT2D eigenvalue weighted by Gasteiger charge is 2.12. The van der Waals surface area contributed by atoms with Gasteiger partial charge in [-0.3, -0.25) is 4.79 Å². The zero-order valence-corrected chi connectivity index (χ0v) is 12.5. The first-order chi connectivity index (χ1) is 9.47. The fourth-order valence-corrected chi connectivity index (χ4v) is 2.07. The summed E-state index contributed by atoms with van der Waals surface area (Å²) < 4.78 is 0. The average molecular weight is 289 g/mol. The zero-order valence-electron chi connectivity index (χ0n) is 11.8. The Morgan fingerprint density at radius 3 is 2.60 bits per heavy atom. The van der Waals surface area contributed by atoms with Crippen LogP contribution in [0.4, 0.5) is 5.69 Å². The summed E-state index contributed by atoms with van der Waals surface area (Å²) in [6.07, 6.45) is 0. The summed E-state index contributed by atoms with van der Waals surface area (Å²) in [5.41, 5.74) is 3.16. The Labute approximate surface area is 124 Å². The third kappa shape index (κ3) is 3.36. The van der Waals surface area contributed by atoms with Crippen molar-refractivity contribution in [2.75, 3.05) is 5.32 Å². The van der Waals surface area contributed by atoms with Gasteiger partial charge in [0.1, 0.15) is 5.15 Å². The van der Waals surface area contributed by atoms with Crippen molar-refractivity contribution in [1.29, 1.82) is 0 Å². The van der Waals surface area contributed by atoms with Crippen molar-refractivity contribution >= 4 is 23.2 Å². The van der Waals surface area contributed by atoms with Crippen LogP contribution in [0.5, 0.6) is 0 Å². The van der Waals surface area contributed by atoms with Crippen LogP contribution in [0, 0.1) is 6.92 Å². The fourth-order valence-electron chi connectivity index (χ4n) is 1.85. The second-order valence-electron chi connectivity index (χ2n) is 5.03. The van der Waals surface area contributed by atoms with Gasteiger partial charge in [-0.15, -0.1) is 0 Å². The highest BCUT2D eigenvalue weighted by molar-refractivity contribution is 6.29. The number of rotatable bonds is 3. The van der Waals surface area contributed by atoms with E-state index in [9.17, 15) is 4.79 Å². The van der Waals surface area contributed by atoms with E-state index in [1.165, 1.54) is 0 Å². The van der Waals surface area contributed by atoms with Crippen molar-refractivity contribution in [1.82, 2.24) is 4.98 Å². The number of amides is 1. The van der Waals surface area contributed by atoms with Crippen molar-refractivity contribution in [2.45, 2.75) is 26.7 Å². The normalized spacial score (nSPS) is 10.7. The zero-order chi connectivity index (χ0) is 14.7. The molecule has 0 radical (unpaired) electrons. The number of halogens is 1. The van der Waals surface area contributed by atoms with E-state index in [4.69, 9.17) is 11.6 Å². The number of hydrogen-bond acceptors (Lipinski definition) is 2. The molecule has 2 rings (SSSR count). The number of para-hydroxylation sites is 1. The number of pyridine rings is 1. The summed E-state index contributed by atoms with van der Waals surface area (Å²) in [6.45, 7) is 5.98. The summed E-state index contributed by atoms with van der Waals surface area (Å²) in [5.74, 6) is 0.0456. The van der Waals surface area contributed by atoms with Crippen molar-refractivity contribution in [3.05, 3.63) is 58.4 Å². The number of hydrogen-bond donors (Lipinski definition) is 1. The molecule has 0 saturated heterocycles. The summed E-state index contributed by atoms with van der Waals surface area (Å²) in [7, 11) is 0. The van der Waals surface area contributed by atoms with Crippen LogP contribution >= 0.6 is 11.6 Å². The van der Waals surface area contributed by atoms with Crippen LogP contribution in [0.15, 0.2) is 36.4 Å². The quantitative estimate of drug-likeness (QED) is 0.850. The Hall–Kier alpha value is -1.87. The van der Waals surface area contributed by atoms with Crippen LogP contribution in [0.2, 0.25) is 5.15 Å². The Kier molecular flexibility index (Phi) is 4.40. The van der Waals surface area contributed by atoms with Gasteiger partial charge in [-0.1, -0.05) is 43.6 Å². The Balaban J connectivity index is 2.28. The van der Waals surface area contributed by atoms with Gasteiger partial charge in [-0.05, 0) is 36.6 Å². The maximum atomic E-state index is 12.3. The number of nitrogens with one attached hydrogen (secondary N) is 1. The van der Waals surface area contributed by atoms with Gasteiger partial charge in [-0.25, -0.2) is 4.98 Å². The first-order valence-corrected chi connectivity index (χ1v) is 6.89. The monoisotopic (exact) mass is 288 g/mol. The second kappa shape index (κ2) is 6.06. The van der Waals surface area contributed by atoms with Gasteiger partial charge in [0.2, 0.25) is 0 Å². The number of nitrogens with zero attached hydrogens (tertiary/aromatic N) is 1. The van der Waals surface area contributed by atoms with Crippen molar-refractivity contribution in [2.24, 2.45) is 0 Å². The van der Waals surface area contributed by atoms with Gasteiger partial charge in [-0.2, -0.15) is 0 Å². The number of carbonyl (C=O) groups is 1. The van der Waals surface area contributed by atoms with Crippen molar-refractivity contribution in [3.8, 4) is 0 Å². The molecule has 0 bridgehead atoms. The van der Waals surface area contributed by atoms with Crippen LogP contribution in [-0.4, -0.2) is 10.9 Å². The van der Waals surface area contributed by atoms with Gasteiger partial charge in [0.05, 0.1) is 0 Å². The Morgan fingerprint density at radius 1 is 1.25 bits per heavy atom. The molecule has 0 atom stereocenters. The fraction of sp³-hybridized carbons (Fsp3) is 0.250. The SMILES string of the molecule is Cc1ccccc1NC(=O)c1cc(Cl)nc(C(C)C)c1. The molecule has 1 heterocycles. The summed E-state index contributed by atoms with van der Waals surface area (Å²) in [5, 5.41) is 3.23. The lowest BCUT2D eigenvalue weighted by atomic mass is 10.1. The summed E-state index contributed by atoms with van der Waals surface area (Å²) in [4.78, 5) is 16.5. The number of aryl methyl sites for hydroxylation is 1. The molecule has 4 heteroatoms.